The minimum atomic E-state index is -0.260. The van der Waals surface area contributed by atoms with Gasteiger partial charge in [-0.2, -0.15) is 0 Å². The van der Waals surface area contributed by atoms with E-state index >= 15 is 0 Å². The van der Waals surface area contributed by atoms with Gasteiger partial charge in [0, 0.05) is 70.8 Å². The van der Waals surface area contributed by atoms with Gasteiger partial charge >= 0.3 is 0 Å². The lowest BCUT2D eigenvalue weighted by atomic mass is 10.2. The third-order valence-corrected chi connectivity index (χ3v) is 6.81. The highest BCUT2D eigenvalue weighted by Crippen LogP contribution is 2.28. The van der Waals surface area contributed by atoms with Crippen molar-refractivity contribution in [3.05, 3.63) is 72.1 Å². The van der Waals surface area contributed by atoms with Crippen LogP contribution in [0.2, 0.25) is 0 Å². The predicted octanol–water partition coefficient (Wildman–Crippen LogP) is 4.00. The first-order valence-corrected chi connectivity index (χ1v) is 12.7. The van der Waals surface area contributed by atoms with Crippen molar-refractivity contribution in [3.8, 4) is 11.5 Å². The van der Waals surface area contributed by atoms with Crippen molar-refractivity contribution in [3.63, 3.8) is 0 Å². The van der Waals surface area contributed by atoms with Crippen molar-refractivity contribution < 1.29 is 9.53 Å². The number of ether oxygens (including phenoxy) is 1. The molecule has 5 rings (SSSR count). The number of rotatable bonds is 8. The molecule has 9 nitrogen and oxygen atoms in total. The Kier molecular flexibility index (Phi) is 7.34. The van der Waals surface area contributed by atoms with E-state index in [0.717, 1.165) is 61.9 Å². The third-order valence-electron chi connectivity index (χ3n) is 6.81. The molecule has 0 unspecified atom stereocenters. The van der Waals surface area contributed by atoms with E-state index in [0.29, 0.717) is 17.2 Å². The first kappa shape index (κ1) is 24.7. The summed E-state index contributed by atoms with van der Waals surface area (Å²) >= 11 is 0. The molecule has 37 heavy (non-hydrogen) atoms. The van der Waals surface area contributed by atoms with Gasteiger partial charge in [0.05, 0.1) is 11.0 Å². The lowest BCUT2D eigenvalue weighted by Crippen LogP contribution is -2.45. The van der Waals surface area contributed by atoms with E-state index in [4.69, 9.17) is 9.72 Å². The van der Waals surface area contributed by atoms with E-state index in [1.807, 2.05) is 29.8 Å². The Bertz CT molecular complexity index is 1380. The summed E-state index contributed by atoms with van der Waals surface area (Å²) in [7, 11) is 3.56. The molecule has 0 aliphatic carbocycles. The van der Waals surface area contributed by atoms with Gasteiger partial charge in [-0.05, 0) is 42.4 Å². The van der Waals surface area contributed by atoms with Gasteiger partial charge in [-0.1, -0.05) is 19.1 Å². The van der Waals surface area contributed by atoms with E-state index in [2.05, 4.69) is 56.6 Å². The molecule has 1 amide bonds. The number of hydrogen-bond acceptors (Lipinski definition) is 7. The number of nitrogens with one attached hydrogen (secondary N) is 2. The molecule has 1 aliphatic heterocycles. The molecular weight excluding hydrogens is 466 g/mol. The van der Waals surface area contributed by atoms with Crippen molar-refractivity contribution in [2.24, 2.45) is 7.05 Å². The summed E-state index contributed by atoms with van der Waals surface area (Å²) in [5.41, 5.74) is 4.41. The monoisotopic (exact) mass is 499 g/mol. The van der Waals surface area contributed by atoms with Crippen molar-refractivity contribution >= 4 is 28.6 Å². The highest BCUT2D eigenvalue weighted by Gasteiger charge is 2.16. The molecule has 0 saturated carbocycles. The summed E-state index contributed by atoms with van der Waals surface area (Å²) in [5, 5.41) is 6.01. The van der Waals surface area contributed by atoms with Gasteiger partial charge < -0.3 is 24.8 Å². The molecular formula is C28H33N7O2. The number of carbonyl (C=O) groups is 1. The van der Waals surface area contributed by atoms with Crippen LogP contribution in [0, 0.1) is 0 Å². The van der Waals surface area contributed by atoms with Crippen LogP contribution >= 0.6 is 0 Å². The fraction of sp³-hybridized carbons (Fsp3) is 0.321. The van der Waals surface area contributed by atoms with Crippen LogP contribution < -0.4 is 15.4 Å². The number of nitrogens with zero attached hydrogens (tertiary/aromatic N) is 5. The molecule has 0 spiro atoms. The third kappa shape index (κ3) is 5.73. The molecule has 2 aromatic heterocycles. The Hall–Kier alpha value is -3.95. The maximum Gasteiger partial charge on any atom is 0.269 e. The fourth-order valence-corrected chi connectivity index (χ4v) is 4.56. The maximum absolute atomic E-state index is 11.9. The van der Waals surface area contributed by atoms with Crippen LogP contribution in [0.3, 0.4) is 0 Å². The average Bonchev–Trinajstić information content (AvgIpc) is 3.24. The SMILES string of the molecule is CCN1CCN(Cc2ccc(Nc3nc4cc(Oc5ccnc(C(=O)NC)c5)ccc4n3C)cc2)CC1. The van der Waals surface area contributed by atoms with E-state index in [-0.39, 0.29) is 5.91 Å². The van der Waals surface area contributed by atoms with Crippen LogP contribution in [-0.4, -0.2) is 70.0 Å². The largest absolute Gasteiger partial charge is 0.457 e. The molecule has 0 bridgehead atoms. The van der Waals surface area contributed by atoms with Gasteiger partial charge in [0.15, 0.2) is 0 Å². The predicted molar refractivity (Wildman–Crippen MR) is 146 cm³/mol. The Morgan fingerprint density at radius 3 is 2.43 bits per heavy atom. The van der Waals surface area contributed by atoms with Gasteiger partial charge in [0.25, 0.3) is 5.91 Å². The van der Waals surface area contributed by atoms with Crippen LogP contribution in [0.1, 0.15) is 23.0 Å². The summed E-state index contributed by atoms with van der Waals surface area (Å²) in [6.07, 6.45) is 1.55. The lowest BCUT2D eigenvalue weighted by molar-refractivity contribution is 0.0958. The average molecular weight is 500 g/mol. The molecule has 0 radical (unpaired) electrons. The molecule has 1 fully saturated rings. The topological polar surface area (TPSA) is 87.6 Å². The quantitative estimate of drug-likeness (QED) is 0.379. The molecule has 9 heteroatoms. The van der Waals surface area contributed by atoms with Crippen molar-refractivity contribution in [1.82, 2.24) is 29.7 Å². The number of pyridine rings is 1. The zero-order chi connectivity index (χ0) is 25.8. The van der Waals surface area contributed by atoms with Crippen LogP contribution in [0.15, 0.2) is 60.8 Å². The normalized spacial score (nSPS) is 14.6. The Balaban J connectivity index is 1.25. The number of imidazole rings is 1. The number of benzene rings is 2. The minimum absolute atomic E-state index is 0.260. The Morgan fingerprint density at radius 2 is 1.70 bits per heavy atom. The molecule has 192 valence electrons. The summed E-state index contributed by atoms with van der Waals surface area (Å²) in [4.78, 5) is 25.7. The number of aryl methyl sites for hydroxylation is 1. The second kappa shape index (κ2) is 11.0. The number of carbonyl (C=O) groups excluding carboxylic acids is 1. The van der Waals surface area contributed by atoms with Crippen LogP contribution in [-0.2, 0) is 13.6 Å². The zero-order valence-electron chi connectivity index (χ0n) is 21.6. The minimum Gasteiger partial charge on any atom is -0.457 e. The number of anilines is 2. The van der Waals surface area contributed by atoms with Crippen LogP contribution in [0.4, 0.5) is 11.6 Å². The van der Waals surface area contributed by atoms with Crippen LogP contribution in [0.5, 0.6) is 11.5 Å². The Morgan fingerprint density at radius 1 is 0.973 bits per heavy atom. The van der Waals surface area contributed by atoms with Gasteiger partial charge in [-0.15, -0.1) is 0 Å². The molecule has 2 N–H and O–H groups in total. The standard InChI is InChI=1S/C28H33N7O2/c1-4-34-13-15-35(16-14-34)19-20-5-7-21(8-6-20)31-28-32-24-17-22(9-10-26(24)33(28)3)37-23-11-12-30-25(18-23)27(36)29-2/h5-12,17-18H,4,13-16,19H2,1-3H3,(H,29,36)(H,31,32). The van der Waals surface area contributed by atoms with Gasteiger partial charge in [0.1, 0.15) is 17.2 Å². The van der Waals surface area contributed by atoms with Crippen molar-refractivity contribution in [2.75, 3.05) is 45.1 Å². The second-order valence-corrected chi connectivity index (χ2v) is 9.24. The number of piperazine rings is 1. The van der Waals surface area contributed by atoms with Gasteiger partial charge in [-0.25, -0.2) is 4.98 Å². The van der Waals surface area contributed by atoms with Gasteiger partial charge in [0.2, 0.25) is 5.95 Å². The van der Waals surface area contributed by atoms with E-state index in [1.54, 1.807) is 25.4 Å². The summed E-state index contributed by atoms with van der Waals surface area (Å²) in [5.74, 6) is 1.66. The lowest BCUT2D eigenvalue weighted by Gasteiger charge is -2.34. The number of amides is 1. The highest BCUT2D eigenvalue weighted by molar-refractivity contribution is 5.92. The second-order valence-electron chi connectivity index (χ2n) is 9.24. The number of fused-ring (bicyclic) bond motifs is 1. The smallest absolute Gasteiger partial charge is 0.269 e. The molecule has 3 heterocycles. The van der Waals surface area contributed by atoms with Crippen molar-refractivity contribution in [1.29, 1.82) is 0 Å². The first-order chi connectivity index (χ1) is 18.0. The molecule has 4 aromatic rings. The Labute approximate surface area is 217 Å². The van der Waals surface area contributed by atoms with Crippen LogP contribution in [0.25, 0.3) is 11.0 Å². The highest BCUT2D eigenvalue weighted by atomic mass is 16.5. The number of aromatic nitrogens is 3. The fourth-order valence-electron chi connectivity index (χ4n) is 4.56. The molecule has 1 saturated heterocycles. The van der Waals surface area contributed by atoms with Crippen molar-refractivity contribution in [2.45, 2.75) is 13.5 Å². The van der Waals surface area contributed by atoms with E-state index < -0.39 is 0 Å². The first-order valence-electron chi connectivity index (χ1n) is 12.7. The van der Waals surface area contributed by atoms with E-state index in [1.165, 1.54) is 5.56 Å². The number of likely N-dealkylation sites (N-methyl/N-ethyl adjacent to an activating group) is 1. The zero-order valence-corrected chi connectivity index (χ0v) is 21.6. The molecule has 0 atom stereocenters. The molecule has 2 aromatic carbocycles. The summed E-state index contributed by atoms with van der Waals surface area (Å²) in [6, 6.07) is 17.7. The van der Waals surface area contributed by atoms with E-state index in [9.17, 15) is 4.79 Å². The maximum atomic E-state index is 11.9. The summed E-state index contributed by atoms with van der Waals surface area (Å²) in [6.45, 7) is 8.88. The summed E-state index contributed by atoms with van der Waals surface area (Å²) < 4.78 is 8.00. The number of hydrogen-bond donors (Lipinski definition) is 2. The van der Waals surface area contributed by atoms with Gasteiger partial charge in [-0.3, -0.25) is 14.7 Å². The molecule has 1 aliphatic rings.